The van der Waals surface area contributed by atoms with Gasteiger partial charge in [0.1, 0.15) is 5.76 Å². The highest BCUT2D eigenvalue weighted by molar-refractivity contribution is 6.07. The zero-order valence-corrected chi connectivity index (χ0v) is 20.5. The summed E-state index contributed by atoms with van der Waals surface area (Å²) in [5, 5.41) is 0. The number of esters is 2. The highest BCUT2D eigenvalue weighted by Crippen LogP contribution is 2.57. The Morgan fingerprint density at radius 3 is 2.33 bits per heavy atom. The van der Waals surface area contributed by atoms with Crippen LogP contribution in [0.25, 0.3) is 5.76 Å². The van der Waals surface area contributed by atoms with Gasteiger partial charge in [-0.1, -0.05) is 30.3 Å². The molecule has 188 valence electrons. The molecule has 36 heavy (non-hydrogen) atoms. The number of carbonyl (C=O) groups is 3. The van der Waals surface area contributed by atoms with Crippen molar-refractivity contribution in [2.24, 2.45) is 5.92 Å². The summed E-state index contributed by atoms with van der Waals surface area (Å²) in [6.45, 7) is 0.388. The standard InChI is InChI=1S/C27H27NO8/c1-32-20-12-16-10-11-28-23(17(16)13-21(20)33-2)22-18(29)14-19(15-8-6-5-7-9-15)36-27(22,26(31)35-4)24(28)25(30)34-3/h5-9,12-14,22-24H,10-11H2,1-4H3/t22-,23+,24+,27-/m0/s1. The summed E-state index contributed by atoms with van der Waals surface area (Å²) < 4.78 is 27.8. The molecule has 0 aliphatic carbocycles. The highest BCUT2D eigenvalue weighted by atomic mass is 16.6. The molecule has 2 aromatic carbocycles. The van der Waals surface area contributed by atoms with Crippen molar-refractivity contribution in [3.63, 3.8) is 0 Å². The summed E-state index contributed by atoms with van der Waals surface area (Å²) in [5.74, 6) is -1.65. The number of hydrogen-bond donors (Lipinski definition) is 0. The van der Waals surface area contributed by atoms with Crippen molar-refractivity contribution in [2.45, 2.75) is 24.1 Å². The Kier molecular flexibility index (Phi) is 5.96. The molecule has 1 fully saturated rings. The van der Waals surface area contributed by atoms with E-state index < -0.39 is 35.5 Å². The number of methoxy groups -OCH3 is 4. The first kappa shape index (κ1) is 23.9. The number of hydrogen-bond acceptors (Lipinski definition) is 9. The monoisotopic (exact) mass is 493 g/mol. The van der Waals surface area contributed by atoms with Gasteiger partial charge in [0.15, 0.2) is 23.3 Å². The van der Waals surface area contributed by atoms with Crippen molar-refractivity contribution >= 4 is 23.5 Å². The molecule has 3 aliphatic heterocycles. The molecule has 1 saturated heterocycles. The highest BCUT2D eigenvalue weighted by Gasteiger charge is 2.73. The minimum absolute atomic E-state index is 0.198. The summed E-state index contributed by atoms with van der Waals surface area (Å²) in [6.07, 6.45) is 1.95. The molecule has 0 N–H and O–H groups in total. The van der Waals surface area contributed by atoms with Crippen LogP contribution in [0.5, 0.6) is 11.5 Å². The van der Waals surface area contributed by atoms with Gasteiger partial charge >= 0.3 is 11.9 Å². The van der Waals surface area contributed by atoms with E-state index in [9.17, 15) is 14.4 Å². The number of nitrogens with zero attached hydrogens (tertiary/aromatic N) is 1. The minimum atomic E-state index is -1.95. The molecule has 5 rings (SSSR count). The van der Waals surface area contributed by atoms with Gasteiger partial charge in [0.2, 0.25) is 5.60 Å². The van der Waals surface area contributed by atoms with Crippen LogP contribution < -0.4 is 9.47 Å². The van der Waals surface area contributed by atoms with Crippen LogP contribution in [0.2, 0.25) is 0 Å². The van der Waals surface area contributed by atoms with E-state index in [1.165, 1.54) is 27.4 Å². The average Bonchev–Trinajstić information content (AvgIpc) is 3.23. The van der Waals surface area contributed by atoms with Crippen LogP contribution in [0, 0.1) is 5.92 Å². The second-order valence-electron chi connectivity index (χ2n) is 8.91. The zero-order valence-electron chi connectivity index (χ0n) is 20.5. The second-order valence-corrected chi connectivity index (χ2v) is 8.91. The Bertz CT molecular complexity index is 1260. The van der Waals surface area contributed by atoms with Crippen LogP contribution in [0.1, 0.15) is 22.7 Å². The first-order valence-electron chi connectivity index (χ1n) is 11.6. The van der Waals surface area contributed by atoms with E-state index in [0.717, 1.165) is 11.1 Å². The summed E-state index contributed by atoms with van der Waals surface area (Å²) in [6, 6.07) is 10.8. The Balaban J connectivity index is 1.75. The van der Waals surface area contributed by atoms with Gasteiger partial charge in [-0.25, -0.2) is 4.79 Å². The summed E-state index contributed by atoms with van der Waals surface area (Å²) in [4.78, 5) is 42.6. The Morgan fingerprint density at radius 2 is 1.69 bits per heavy atom. The quantitative estimate of drug-likeness (QED) is 0.581. The molecular weight excluding hydrogens is 466 g/mol. The first-order chi connectivity index (χ1) is 17.4. The molecule has 3 aliphatic rings. The maximum atomic E-state index is 13.9. The molecule has 0 bridgehead atoms. The van der Waals surface area contributed by atoms with Gasteiger partial charge in [-0.3, -0.25) is 14.5 Å². The Hall–Kier alpha value is -3.85. The van der Waals surface area contributed by atoms with Crippen LogP contribution in [0.4, 0.5) is 0 Å². The van der Waals surface area contributed by atoms with Crippen LogP contribution in [-0.2, 0) is 35.0 Å². The topological polar surface area (TPSA) is 101 Å². The van der Waals surface area contributed by atoms with E-state index in [4.69, 9.17) is 23.7 Å². The lowest BCUT2D eigenvalue weighted by Crippen LogP contribution is -2.61. The van der Waals surface area contributed by atoms with Crippen molar-refractivity contribution in [1.29, 1.82) is 0 Å². The third kappa shape index (κ3) is 3.30. The molecule has 4 atom stereocenters. The lowest BCUT2D eigenvalue weighted by atomic mass is 9.74. The zero-order chi connectivity index (χ0) is 25.6. The lowest BCUT2D eigenvalue weighted by molar-refractivity contribution is -0.178. The van der Waals surface area contributed by atoms with E-state index in [1.807, 2.05) is 17.0 Å². The van der Waals surface area contributed by atoms with Gasteiger partial charge in [0, 0.05) is 18.2 Å². The summed E-state index contributed by atoms with van der Waals surface area (Å²) in [7, 11) is 5.55. The number of ketones is 1. The van der Waals surface area contributed by atoms with Crippen molar-refractivity contribution in [2.75, 3.05) is 35.0 Å². The molecule has 0 radical (unpaired) electrons. The fraction of sp³-hybridized carbons (Fsp3) is 0.370. The molecule has 0 amide bonds. The number of carbonyl (C=O) groups excluding carboxylic acids is 3. The van der Waals surface area contributed by atoms with Crippen LogP contribution in [0.3, 0.4) is 0 Å². The van der Waals surface area contributed by atoms with Crippen LogP contribution >= 0.6 is 0 Å². The van der Waals surface area contributed by atoms with Gasteiger partial charge in [-0.15, -0.1) is 0 Å². The molecule has 2 aromatic rings. The fourth-order valence-corrected chi connectivity index (χ4v) is 5.83. The van der Waals surface area contributed by atoms with Crippen molar-refractivity contribution in [1.82, 2.24) is 4.90 Å². The van der Waals surface area contributed by atoms with Crippen LogP contribution in [-0.4, -0.2) is 69.2 Å². The molecule has 9 nitrogen and oxygen atoms in total. The molecule has 0 saturated carbocycles. The smallest absolute Gasteiger partial charge is 0.353 e. The van der Waals surface area contributed by atoms with Gasteiger partial charge in [-0.05, 0) is 29.7 Å². The van der Waals surface area contributed by atoms with Gasteiger partial charge < -0.3 is 23.7 Å². The van der Waals surface area contributed by atoms with Crippen molar-refractivity contribution in [3.8, 4) is 11.5 Å². The third-order valence-corrected chi connectivity index (χ3v) is 7.32. The van der Waals surface area contributed by atoms with E-state index in [1.54, 1.807) is 37.4 Å². The maximum Gasteiger partial charge on any atom is 0.353 e. The number of fused-ring (bicyclic) bond motifs is 5. The Morgan fingerprint density at radius 1 is 1.00 bits per heavy atom. The SMILES string of the molecule is COC(=O)[C@H]1N2CCc3cc(OC)c(OC)cc3[C@@H]2[C@@H]2C(=O)C=C(c3ccccc3)O[C@@]21C(=O)OC. The number of ether oxygens (including phenoxy) is 5. The summed E-state index contributed by atoms with van der Waals surface area (Å²) >= 11 is 0. The molecule has 9 heteroatoms. The molecule has 0 aromatic heterocycles. The van der Waals surface area contributed by atoms with Gasteiger partial charge in [0.25, 0.3) is 0 Å². The summed E-state index contributed by atoms with van der Waals surface area (Å²) in [5.41, 5.74) is 0.354. The van der Waals surface area contributed by atoms with Gasteiger partial charge in [-0.2, -0.15) is 0 Å². The maximum absolute atomic E-state index is 13.9. The minimum Gasteiger partial charge on any atom is -0.493 e. The second kappa shape index (κ2) is 8.98. The largest absolute Gasteiger partial charge is 0.493 e. The lowest BCUT2D eigenvalue weighted by Gasteiger charge is -2.39. The van der Waals surface area contributed by atoms with E-state index in [0.29, 0.717) is 30.0 Å². The van der Waals surface area contributed by atoms with Crippen molar-refractivity contribution < 1.29 is 38.1 Å². The number of allylic oxidation sites excluding steroid dienone is 1. The predicted molar refractivity (Wildman–Crippen MR) is 127 cm³/mol. The van der Waals surface area contributed by atoms with Gasteiger partial charge in [0.05, 0.1) is 40.4 Å². The van der Waals surface area contributed by atoms with Crippen LogP contribution in [0.15, 0.2) is 48.5 Å². The third-order valence-electron chi connectivity index (χ3n) is 7.32. The molecule has 0 unspecified atom stereocenters. The molecule has 0 spiro atoms. The first-order valence-corrected chi connectivity index (χ1v) is 11.6. The van der Waals surface area contributed by atoms with E-state index >= 15 is 0 Å². The van der Waals surface area contributed by atoms with Crippen molar-refractivity contribution in [3.05, 3.63) is 65.2 Å². The normalized spacial score (nSPS) is 26.5. The fourth-order valence-electron chi connectivity index (χ4n) is 5.83. The Labute approximate surface area is 208 Å². The van der Waals surface area contributed by atoms with E-state index in [2.05, 4.69) is 0 Å². The predicted octanol–water partition coefficient (Wildman–Crippen LogP) is 2.33. The molecular formula is C27H27NO8. The van der Waals surface area contributed by atoms with E-state index in [-0.39, 0.29) is 11.5 Å². The number of rotatable bonds is 5. The average molecular weight is 494 g/mol. The number of benzene rings is 2. The molecule has 3 heterocycles.